The molecule has 1 aromatic heterocycles. The van der Waals surface area contributed by atoms with Gasteiger partial charge in [0.1, 0.15) is 0 Å². The minimum absolute atomic E-state index is 0.413. The first-order valence-electron chi connectivity index (χ1n) is 5.60. The van der Waals surface area contributed by atoms with Crippen molar-refractivity contribution in [2.75, 3.05) is 12.3 Å². The lowest BCUT2D eigenvalue weighted by Crippen LogP contribution is -2.10. The van der Waals surface area contributed by atoms with Crippen molar-refractivity contribution < 1.29 is 0 Å². The normalized spacial score (nSPS) is 12.7. The molecule has 1 aromatic rings. The van der Waals surface area contributed by atoms with Crippen LogP contribution in [0.25, 0.3) is 0 Å². The lowest BCUT2D eigenvalue weighted by atomic mass is 10.2. The number of thioether (sulfide) groups is 1. The Balaban J connectivity index is 2.36. The van der Waals surface area contributed by atoms with Crippen LogP contribution in [0.4, 0.5) is 0 Å². The molecule has 15 heavy (non-hydrogen) atoms. The lowest BCUT2D eigenvalue weighted by Gasteiger charge is -2.13. The summed E-state index contributed by atoms with van der Waals surface area (Å²) in [6.07, 6.45) is 7.61. The van der Waals surface area contributed by atoms with Gasteiger partial charge < -0.3 is 5.73 Å². The highest BCUT2D eigenvalue weighted by Gasteiger charge is 2.09. The van der Waals surface area contributed by atoms with Crippen LogP contribution in [0.15, 0.2) is 24.5 Å². The van der Waals surface area contributed by atoms with Gasteiger partial charge in [-0.15, -0.1) is 0 Å². The van der Waals surface area contributed by atoms with Crippen molar-refractivity contribution in [1.82, 2.24) is 4.98 Å². The van der Waals surface area contributed by atoms with Crippen molar-refractivity contribution in [2.45, 2.75) is 31.4 Å². The molecule has 0 saturated carbocycles. The molecule has 0 amide bonds. The van der Waals surface area contributed by atoms with Crippen molar-refractivity contribution in [3.63, 3.8) is 0 Å². The third-order valence-electron chi connectivity index (χ3n) is 2.34. The summed E-state index contributed by atoms with van der Waals surface area (Å²) in [5, 5.41) is 0.413. The van der Waals surface area contributed by atoms with Gasteiger partial charge in [-0.25, -0.2) is 0 Å². The summed E-state index contributed by atoms with van der Waals surface area (Å²) in [6, 6.07) is 4.09. The molecule has 0 fully saturated rings. The van der Waals surface area contributed by atoms with Gasteiger partial charge in [0.05, 0.1) is 0 Å². The van der Waals surface area contributed by atoms with E-state index >= 15 is 0 Å². The van der Waals surface area contributed by atoms with E-state index in [1.54, 1.807) is 6.20 Å². The Morgan fingerprint density at radius 1 is 1.47 bits per heavy atom. The number of rotatable bonds is 7. The molecular weight excluding hydrogens is 204 g/mol. The second kappa shape index (κ2) is 7.71. The number of aromatic nitrogens is 1. The van der Waals surface area contributed by atoms with Crippen molar-refractivity contribution in [3.05, 3.63) is 30.1 Å². The Hall–Kier alpha value is -0.540. The smallest absolute Gasteiger partial charge is 0.0434 e. The van der Waals surface area contributed by atoms with E-state index in [2.05, 4.69) is 18.0 Å². The largest absolute Gasteiger partial charge is 0.329 e. The Kier molecular flexibility index (Phi) is 6.44. The van der Waals surface area contributed by atoms with E-state index in [9.17, 15) is 0 Å². The topological polar surface area (TPSA) is 38.9 Å². The number of unbranched alkanes of at least 4 members (excludes halogenated alkanes) is 2. The van der Waals surface area contributed by atoms with Crippen molar-refractivity contribution in [1.29, 1.82) is 0 Å². The van der Waals surface area contributed by atoms with Crippen LogP contribution in [0.2, 0.25) is 0 Å². The number of pyridine rings is 1. The summed E-state index contributed by atoms with van der Waals surface area (Å²) in [5.41, 5.74) is 7.02. The lowest BCUT2D eigenvalue weighted by molar-refractivity contribution is 0.776. The molecule has 1 heterocycles. The second-order valence-corrected chi connectivity index (χ2v) is 4.90. The molecule has 1 rings (SSSR count). The van der Waals surface area contributed by atoms with Gasteiger partial charge in [0.15, 0.2) is 0 Å². The Labute approximate surface area is 96.7 Å². The van der Waals surface area contributed by atoms with E-state index in [1.165, 1.54) is 30.6 Å². The van der Waals surface area contributed by atoms with Gasteiger partial charge in [-0.2, -0.15) is 11.8 Å². The maximum atomic E-state index is 5.77. The Bertz CT molecular complexity index is 251. The van der Waals surface area contributed by atoms with E-state index in [1.807, 2.05) is 24.0 Å². The predicted octanol–water partition coefficient (Wildman–Crippen LogP) is 3.00. The highest BCUT2D eigenvalue weighted by Crippen LogP contribution is 2.27. The first kappa shape index (κ1) is 12.5. The summed E-state index contributed by atoms with van der Waals surface area (Å²) in [7, 11) is 0. The molecule has 0 aliphatic carbocycles. The monoisotopic (exact) mass is 224 g/mol. The number of hydrogen-bond donors (Lipinski definition) is 1. The van der Waals surface area contributed by atoms with Gasteiger partial charge >= 0.3 is 0 Å². The SMILES string of the molecule is CCCCCSC(CN)c1cccnc1. The molecule has 0 saturated heterocycles. The van der Waals surface area contributed by atoms with E-state index < -0.39 is 0 Å². The van der Waals surface area contributed by atoms with E-state index in [0.29, 0.717) is 11.8 Å². The zero-order chi connectivity index (χ0) is 10.9. The molecule has 0 aromatic carbocycles. The van der Waals surface area contributed by atoms with Gasteiger partial charge in [-0.05, 0) is 23.8 Å². The molecule has 0 spiro atoms. The predicted molar refractivity (Wildman–Crippen MR) is 68.0 cm³/mol. The van der Waals surface area contributed by atoms with Crippen LogP contribution in [-0.4, -0.2) is 17.3 Å². The summed E-state index contributed by atoms with van der Waals surface area (Å²) in [4.78, 5) is 4.13. The molecule has 1 atom stereocenters. The highest BCUT2D eigenvalue weighted by molar-refractivity contribution is 7.99. The fraction of sp³-hybridized carbons (Fsp3) is 0.583. The quantitative estimate of drug-likeness (QED) is 0.724. The molecule has 84 valence electrons. The molecule has 1 unspecified atom stereocenters. The van der Waals surface area contributed by atoms with Crippen LogP contribution in [0.1, 0.15) is 37.0 Å². The first-order chi connectivity index (χ1) is 7.38. The summed E-state index contributed by atoms with van der Waals surface area (Å²) < 4.78 is 0. The van der Waals surface area contributed by atoms with Gasteiger partial charge in [0.2, 0.25) is 0 Å². The molecule has 0 aliphatic rings. The van der Waals surface area contributed by atoms with Gasteiger partial charge in [0, 0.05) is 24.2 Å². The van der Waals surface area contributed by atoms with E-state index in [4.69, 9.17) is 5.73 Å². The summed E-state index contributed by atoms with van der Waals surface area (Å²) >= 11 is 1.95. The fourth-order valence-electron chi connectivity index (χ4n) is 1.44. The molecule has 2 nitrogen and oxygen atoms in total. The molecule has 0 bridgehead atoms. The van der Waals surface area contributed by atoms with E-state index in [-0.39, 0.29) is 0 Å². The van der Waals surface area contributed by atoms with E-state index in [0.717, 1.165) is 0 Å². The zero-order valence-corrected chi connectivity index (χ0v) is 10.2. The minimum Gasteiger partial charge on any atom is -0.329 e. The highest BCUT2D eigenvalue weighted by atomic mass is 32.2. The van der Waals surface area contributed by atoms with Crippen LogP contribution in [-0.2, 0) is 0 Å². The Morgan fingerprint density at radius 2 is 2.33 bits per heavy atom. The second-order valence-electron chi connectivity index (χ2n) is 3.59. The van der Waals surface area contributed by atoms with Gasteiger partial charge in [0.25, 0.3) is 0 Å². The first-order valence-corrected chi connectivity index (χ1v) is 6.65. The van der Waals surface area contributed by atoms with Crippen LogP contribution in [0.3, 0.4) is 0 Å². The third-order valence-corrected chi connectivity index (χ3v) is 3.73. The number of nitrogens with two attached hydrogens (primary N) is 1. The summed E-state index contributed by atoms with van der Waals surface area (Å²) in [5.74, 6) is 1.20. The molecule has 3 heteroatoms. The van der Waals surface area contributed by atoms with Crippen LogP contribution >= 0.6 is 11.8 Å². The third kappa shape index (κ3) is 4.67. The van der Waals surface area contributed by atoms with Gasteiger partial charge in [-0.1, -0.05) is 25.8 Å². The Morgan fingerprint density at radius 3 is 2.93 bits per heavy atom. The molecule has 2 N–H and O–H groups in total. The van der Waals surface area contributed by atoms with Crippen LogP contribution in [0.5, 0.6) is 0 Å². The van der Waals surface area contributed by atoms with Crippen molar-refractivity contribution >= 4 is 11.8 Å². The van der Waals surface area contributed by atoms with Gasteiger partial charge in [-0.3, -0.25) is 4.98 Å². The average molecular weight is 224 g/mol. The molecular formula is C12H20N2S. The maximum Gasteiger partial charge on any atom is 0.0434 e. The average Bonchev–Trinajstić information content (AvgIpc) is 2.30. The zero-order valence-electron chi connectivity index (χ0n) is 9.36. The fourth-order valence-corrected chi connectivity index (χ4v) is 2.57. The molecule has 0 aliphatic heterocycles. The molecule has 0 radical (unpaired) electrons. The van der Waals surface area contributed by atoms with Crippen LogP contribution in [0, 0.1) is 0 Å². The standard InChI is InChI=1S/C12H20N2S/c1-2-3-4-8-15-12(9-13)11-6-5-7-14-10-11/h5-7,10,12H,2-4,8-9,13H2,1H3. The van der Waals surface area contributed by atoms with Crippen molar-refractivity contribution in [3.8, 4) is 0 Å². The van der Waals surface area contributed by atoms with Crippen LogP contribution < -0.4 is 5.73 Å². The number of hydrogen-bond acceptors (Lipinski definition) is 3. The summed E-state index contributed by atoms with van der Waals surface area (Å²) in [6.45, 7) is 2.93. The maximum absolute atomic E-state index is 5.77. The number of nitrogens with zero attached hydrogens (tertiary/aromatic N) is 1. The minimum atomic E-state index is 0.413. The van der Waals surface area contributed by atoms with Crippen molar-refractivity contribution in [2.24, 2.45) is 5.73 Å².